The lowest BCUT2D eigenvalue weighted by atomic mass is 10.3. The van der Waals surface area contributed by atoms with Gasteiger partial charge in [-0.25, -0.2) is 9.78 Å². The standard InChI is InChI=1S/C10H11N3O2S/c1-13(6-7-2-3-11-4-7)10-12-5-8(16-10)9(14)15/h2-5,11H,6H2,1H3,(H,14,15). The Morgan fingerprint density at radius 2 is 2.50 bits per heavy atom. The molecule has 84 valence electrons. The molecule has 0 aliphatic carbocycles. The summed E-state index contributed by atoms with van der Waals surface area (Å²) in [5.74, 6) is -0.932. The van der Waals surface area contributed by atoms with Crippen molar-refractivity contribution in [1.82, 2.24) is 9.97 Å². The fourth-order valence-corrected chi connectivity index (χ4v) is 2.05. The van der Waals surface area contributed by atoms with Crippen molar-refractivity contribution in [1.29, 1.82) is 0 Å². The van der Waals surface area contributed by atoms with Crippen molar-refractivity contribution < 1.29 is 9.90 Å². The molecular weight excluding hydrogens is 226 g/mol. The Morgan fingerprint density at radius 1 is 1.69 bits per heavy atom. The Balaban J connectivity index is 2.08. The van der Waals surface area contributed by atoms with Gasteiger partial charge in [0.15, 0.2) is 5.13 Å². The highest BCUT2D eigenvalue weighted by Gasteiger charge is 2.11. The third kappa shape index (κ3) is 2.22. The minimum Gasteiger partial charge on any atom is -0.477 e. The van der Waals surface area contributed by atoms with Crippen LogP contribution in [-0.4, -0.2) is 28.1 Å². The number of aromatic nitrogens is 2. The number of nitrogens with zero attached hydrogens (tertiary/aromatic N) is 2. The maximum atomic E-state index is 10.7. The molecule has 0 saturated heterocycles. The fraction of sp³-hybridized carbons (Fsp3) is 0.200. The topological polar surface area (TPSA) is 69.2 Å². The van der Waals surface area contributed by atoms with Gasteiger partial charge in [0, 0.05) is 26.0 Å². The first kappa shape index (κ1) is 10.7. The van der Waals surface area contributed by atoms with Crippen molar-refractivity contribution in [2.24, 2.45) is 0 Å². The number of anilines is 1. The van der Waals surface area contributed by atoms with Crippen molar-refractivity contribution in [2.45, 2.75) is 6.54 Å². The van der Waals surface area contributed by atoms with Gasteiger partial charge in [-0.3, -0.25) is 0 Å². The number of carbonyl (C=O) groups is 1. The third-order valence-electron chi connectivity index (χ3n) is 2.11. The van der Waals surface area contributed by atoms with Gasteiger partial charge in [-0.15, -0.1) is 0 Å². The molecule has 0 atom stereocenters. The van der Waals surface area contributed by atoms with Crippen LogP contribution in [-0.2, 0) is 6.54 Å². The van der Waals surface area contributed by atoms with Gasteiger partial charge in [0.05, 0.1) is 6.20 Å². The first-order valence-corrected chi connectivity index (χ1v) is 5.50. The third-order valence-corrected chi connectivity index (χ3v) is 3.21. The number of hydrogen-bond acceptors (Lipinski definition) is 4. The Morgan fingerprint density at radius 3 is 3.06 bits per heavy atom. The van der Waals surface area contributed by atoms with E-state index in [1.54, 1.807) is 0 Å². The summed E-state index contributed by atoms with van der Waals surface area (Å²) < 4.78 is 0. The summed E-state index contributed by atoms with van der Waals surface area (Å²) in [6, 6.07) is 1.97. The molecule has 5 nitrogen and oxygen atoms in total. The number of aromatic amines is 1. The number of carboxylic acids is 1. The molecule has 0 unspecified atom stereocenters. The lowest BCUT2D eigenvalue weighted by molar-refractivity contribution is 0.0702. The minimum atomic E-state index is -0.932. The molecule has 0 bridgehead atoms. The molecule has 0 aliphatic rings. The Hall–Kier alpha value is -1.82. The van der Waals surface area contributed by atoms with Crippen molar-refractivity contribution in [3.8, 4) is 0 Å². The van der Waals surface area contributed by atoms with E-state index >= 15 is 0 Å². The number of H-pyrrole nitrogens is 1. The number of carboxylic acid groups (broad SMARTS) is 1. The molecule has 6 heteroatoms. The van der Waals surface area contributed by atoms with E-state index in [0.29, 0.717) is 11.7 Å². The average molecular weight is 237 g/mol. The van der Waals surface area contributed by atoms with Crippen molar-refractivity contribution >= 4 is 22.4 Å². The van der Waals surface area contributed by atoms with E-state index < -0.39 is 5.97 Å². The molecule has 0 amide bonds. The summed E-state index contributed by atoms with van der Waals surface area (Å²) >= 11 is 1.18. The molecule has 0 aromatic carbocycles. The summed E-state index contributed by atoms with van der Waals surface area (Å²) in [6.07, 6.45) is 5.14. The van der Waals surface area contributed by atoms with E-state index in [1.807, 2.05) is 30.4 Å². The van der Waals surface area contributed by atoms with E-state index in [2.05, 4.69) is 9.97 Å². The van der Waals surface area contributed by atoms with Crippen molar-refractivity contribution in [2.75, 3.05) is 11.9 Å². The summed E-state index contributed by atoms with van der Waals surface area (Å²) in [6.45, 7) is 0.704. The highest BCUT2D eigenvalue weighted by Crippen LogP contribution is 2.22. The van der Waals surface area contributed by atoms with Gasteiger partial charge in [-0.1, -0.05) is 11.3 Å². The Labute approximate surface area is 96.4 Å². The molecule has 0 radical (unpaired) electrons. The molecule has 0 aliphatic heterocycles. The molecule has 2 rings (SSSR count). The van der Waals surface area contributed by atoms with Crippen molar-refractivity contribution in [3.63, 3.8) is 0 Å². The molecule has 0 fully saturated rings. The zero-order valence-electron chi connectivity index (χ0n) is 8.67. The second-order valence-corrected chi connectivity index (χ2v) is 4.40. The van der Waals surface area contributed by atoms with Crippen LogP contribution >= 0.6 is 11.3 Å². The predicted molar refractivity (Wildman–Crippen MR) is 62.0 cm³/mol. The molecule has 16 heavy (non-hydrogen) atoms. The normalized spacial score (nSPS) is 10.3. The lowest BCUT2D eigenvalue weighted by Gasteiger charge is -2.13. The summed E-state index contributed by atoms with van der Waals surface area (Å²) in [5.41, 5.74) is 1.13. The average Bonchev–Trinajstić information content (AvgIpc) is 2.86. The molecular formula is C10H11N3O2S. The zero-order chi connectivity index (χ0) is 11.5. The van der Waals surface area contributed by atoms with Crippen LogP contribution in [0.5, 0.6) is 0 Å². The monoisotopic (exact) mass is 237 g/mol. The van der Waals surface area contributed by atoms with Gasteiger partial charge >= 0.3 is 5.97 Å². The maximum absolute atomic E-state index is 10.7. The quantitative estimate of drug-likeness (QED) is 0.850. The van der Waals surface area contributed by atoms with E-state index in [4.69, 9.17) is 5.11 Å². The van der Waals surface area contributed by atoms with Crippen LogP contribution in [0.15, 0.2) is 24.7 Å². The van der Waals surface area contributed by atoms with Crippen LogP contribution in [0.4, 0.5) is 5.13 Å². The van der Waals surface area contributed by atoms with Gasteiger partial charge in [0.1, 0.15) is 4.88 Å². The summed E-state index contributed by atoms with van der Waals surface area (Å²) in [7, 11) is 1.89. The van der Waals surface area contributed by atoms with Crippen molar-refractivity contribution in [3.05, 3.63) is 35.1 Å². The van der Waals surface area contributed by atoms with Crippen LogP contribution in [0.1, 0.15) is 15.2 Å². The minimum absolute atomic E-state index is 0.260. The highest BCUT2D eigenvalue weighted by atomic mass is 32.1. The van der Waals surface area contributed by atoms with Gasteiger partial charge in [0.25, 0.3) is 0 Å². The van der Waals surface area contributed by atoms with E-state index in [-0.39, 0.29) is 4.88 Å². The maximum Gasteiger partial charge on any atom is 0.347 e. The molecule has 2 aromatic heterocycles. The number of aromatic carboxylic acids is 1. The number of hydrogen-bond donors (Lipinski definition) is 2. The highest BCUT2D eigenvalue weighted by molar-refractivity contribution is 7.17. The number of thiazole rings is 1. The Bertz CT molecular complexity index is 478. The van der Waals surface area contributed by atoms with E-state index in [0.717, 1.165) is 5.56 Å². The second kappa shape index (κ2) is 4.36. The summed E-state index contributed by atoms with van der Waals surface area (Å²) in [4.78, 5) is 19.9. The summed E-state index contributed by atoms with van der Waals surface area (Å²) in [5, 5.41) is 9.49. The van der Waals surface area contributed by atoms with Crippen LogP contribution in [0.25, 0.3) is 0 Å². The lowest BCUT2D eigenvalue weighted by Crippen LogP contribution is -2.15. The van der Waals surface area contributed by atoms with Gasteiger partial charge in [0.2, 0.25) is 0 Å². The number of rotatable bonds is 4. The zero-order valence-corrected chi connectivity index (χ0v) is 9.49. The molecule has 2 aromatic rings. The molecule has 0 spiro atoms. The smallest absolute Gasteiger partial charge is 0.347 e. The second-order valence-electron chi connectivity index (χ2n) is 3.39. The largest absolute Gasteiger partial charge is 0.477 e. The van der Waals surface area contributed by atoms with Crippen LogP contribution in [0.3, 0.4) is 0 Å². The van der Waals surface area contributed by atoms with Crippen LogP contribution < -0.4 is 4.90 Å². The molecule has 2 N–H and O–H groups in total. The van der Waals surface area contributed by atoms with Gasteiger partial charge in [-0.2, -0.15) is 0 Å². The molecule has 2 heterocycles. The first-order valence-electron chi connectivity index (χ1n) is 4.69. The SMILES string of the molecule is CN(Cc1cc[nH]c1)c1ncc(C(=O)O)s1. The first-order chi connectivity index (χ1) is 7.66. The van der Waals surface area contributed by atoms with E-state index in [9.17, 15) is 4.79 Å². The predicted octanol–water partition coefficient (Wildman–Crippen LogP) is 1.81. The Kier molecular flexibility index (Phi) is 2.91. The van der Waals surface area contributed by atoms with Gasteiger partial charge < -0.3 is 15.0 Å². The van der Waals surface area contributed by atoms with Gasteiger partial charge in [-0.05, 0) is 11.6 Å². The van der Waals surface area contributed by atoms with Crippen LogP contribution in [0, 0.1) is 0 Å². The van der Waals surface area contributed by atoms with Crippen LogP contribution in [0.2, 0.25) is 0 Å². The fourth-order valence-electron chi connectivity index (χ4n) is 1.34. The molecule has 0 saturated carbocycles. The van der Waals surface area contributed by atoms with E-state index in [1.165, 1.54) is 17.5 Å². The number of nitrogens with one attached hydrogen (secondary N) is 1.